The number of aliphatic imine (C=N–C) groups is 1. The molecule has 6 heteroatoms. The Morgan fingerprint density at radius 1 is 1.32 bits per heavy atom. The number of nitrogens with zero attached hydrogens (tertiary/aromatic N) is 1. The zero-order valence-electron chi connectivity index (χ0n) is 11.2. The molecule has 0 atom stereocenters. The van der Waals surface area contributed by atoms with Gasteiger partial charge in [-0.1, -0.05) is 24.6 Å². The van der Waals surface area contributed by atoms with Gasteiger partial charge in [-0.05, 0) is 31.0 Å². The van der Waals surface area contributed by atoms with Crippen LogP contribution in [0.5, 0.6) is 0 Å². The van der Waals surface area contributed by atoms with Crippen molar-refractivity contribution >= 4 is 41.5 Å². The van der Waals surface area contributed by atoms with Crippen molar-refractivity contribution in [3.8, 4) is 0 Å². The third kappa shape index (κ3) is 6.96. The number of hydrogen-bond donors (Lipinski definition) is 2. The van der Waals surface area contributed by atoms with E-state index in [9.17, 15) is 4.39 Å². The summed E-state index contributed by atoms with van der Waals surface area (Å²) in [6, 6.07) is 4.65. The quantitative estimate of drug-likeness (QED) is 0.451. The maximum Gasteiger partial charge on any atom is 0.191 e. The highest BCUT2D eigenvalue weighted by molar-refractivity contribution is 14.0. The van der Waals surface area contributed by atoms with Crippen LogP contribution in [-0.4, -0.2) is 19.0 Å². The second kappa shape index (κ2) is 10.3. The fourth-order valence-electron chi connectivity index (χ4n) is 1.39. The molecule has 0 aromatic heterocycles. The molecule has 2 N–H and O–H groups in total. The maximum absolute atomic E-state index is 13.0. The second-order valence-corrected chi connectivity index (χ2v) is 4.28. The van der Waals surface area contributed by atoms with Crippen LogP contribution in [-0.2, 0) is 6.54 Å². The van der Waals surface area contributed by atoms with Gasteiger partial charge >= 0.3 is 0 Å². The van der Waals surface area contributed by atoms with E-state index in [0.717, 1.165) is 31.0 Å². The van der Waals surface area contributed by atoms with E-state index in [1.165, 1.54) is 6.07 Å². The van der Waals surface area contributed by atoms with Crippen LogP contribution in [0, 0.1) is 5.82 Å². The summed E-state index contributed by atoms with van der Waals surface area (Å²) in [5, 5.41) is 6.48. The zero-order chi connectivity index (χ0) is 13.4. The van der Waals surface area contributed by atoms with Crippen molar-refractivity contribution in [3.05, 3.63) is 34.6 Å². The van der Waals surface area contributed by atoms with E-state index in [1.807, 2.05) is 6.92 Å². The Kier molecular flexibility index (Phi) is 9.95. The number of guanidine groups is 1. The summed E-state index contributed by atoms with van der Waals surface area (Å²) in [4.78, 5) is 4.41. The maximum atomic E-state index is 13.0. The summed E-state index contributed by atoms with van der Waals surface area (Å²) >= 11 is 5.72. The summed E-state index contributed by atoms with van der Waals surface area (Å²) in [5.74, 6) is 0.361. The number of hydrogen-bond acceptors (Lipinski definition) is 1. The molecule has 1 aromatic rings. The first-order valence-corrected chi connectivity index (χ1v) is 6.51. The third-order valence-corrected chi connectivity index (χ3v) is 2.58. The lowest BCUT2D eigenvalue weighted by Crippen LogP contribution is -2.37. The highest BCUT2D eigenvalue weighted by atomic mass is 127. The van der Waals surface area contributed by atoms with E-state index in [4.69, 9.17) is 11.6 Å². The average molecular weight is 400 g/mol. The molecule has 19 heavy (non-hydrogen) atoms. The monoisotopic (exact) mass is 399 g/mol. The summed E-state index contributed by atoms with van der Waals surface area (Å²) in [6.07, 6.45) is 1.03. The minimum absolute atomic E-state index is 0. The van der Waals surface area contributed by atoms with E-state index in [0.29, 0.717) is 6.54 Å². The minimum Gasteiger partial charge on any atom is -0.357 e. The SMILES string of the molecule is CCCNC(=NCc1ccc(F)c(Cl)c1)NCC.I. The molecule has 0 aliphatic heterocycles. The van der Waals surface area contributed by atoms with Gasteiger partial charge in [-0.25, -0.2) is 9.38 Å². The molecule has 0 heterocycles. The Hall–Kier alpha value is -0.560. The lowest BCUT2D eigenvalue weighted by Gasteiger charge is -2.10. The van der Waals surface area contributed by atoms with Crippen molar-refractivity contribution in [1.29, 1.82) is 0 Å². The molecule has 1 aromatic carbocycles. The molecular weight excluding hydrogens is 380 g/mol. The summed E-state index contributed by atoms with van der Waals surface area (Å²) in [6.45, 7) is 6.25. The molecule has 0 radical (unpaired) electrons. The van der Waals surface area contributed by atoms with Crippen LogP contribution < -0.4 is 10.6 Å². The Morgan fingerprint density at radius 3 is 2.63 bits per heavy atom. The largest absolute Gasteiger partial charge is 0.357 e. The van der Waals surface area contributed by atoms with E-state index >= 15 is 0 Å². The van der Waals surface area contributed by atoms with Gasteiger partial charge in [0.15, 0.2) is 5.96 Å². The Morgan fingerprint density at radius 2 is 2.05 bits per heavy atom. The third-order valence-electron chi connectivity index (χ3n) is 2.29. The first-order valence-electron chi connectivity index (χ1n) is 6.13. The van der Waals surface area contributed by atoms with E-state index in [2.05, 4.69) is 22.5 Å². The molecule has 0 aliphatic carbocycles. The van der Waals surface area contributed by atoms with Gasteiger partial charge in [0.05, 0.1) is 11.6 Å². The Balaban J connectivity index is 0.00000324. The topological polar surface area (TPSA) is 36.4 Å². The normalized spacial score (nSPS) is 10.8. The fraction of sp³-hybridized carbons (Fsp3) is 0.462. The van der Waals surface area contributed by atoms with Crippen LogP contribution in [0.2, 0.25) is 5.02 Å². The predicted octanol–water partition coefficient (Wildman–Crippen LogP) is 3.56. The van der Waals surface area contributed by atoms with Crippen LogP contribution in [0.1, 0.15) is 25.8 Å². The van der Waals surface area contributed by atoms with Gasteiger partial charge in [0.25, 0.3) is 0 Å². The average Bonchev–Trinajstić information content (AvgIpc) is 2.37. The molecule has 0 fully saturated rings. The summed E-state index contributed by atoms with van der Waals surface area (Å²) in [5.41, 5.74) is 0.884. The van der Waals surface area contributed by atoms with Gasteiger partial charge < -0.3 is 10.6 Å². The van der Waals surface area contributed by atoms with Crippen LogP contribution in [0.15, 0.2) is 23.2 Å². The molecule has 0 unspecified atom stereocenters. The van der Waals surface area contributed by atoms with Crippen molar-refractivity contribution in [2.75, 3.05) is 13.1 Å². The predicted molar refractivity (Wildman–Crippen MR) is 89.9 cm³/mol. The van der Waals surface area contributed by atoms with Crippen LogP contribution in [0.25, 0.3) is 0 Å². The van der Waals surface area contributed by atoms with E-state index in [-0.39, 0.29) is 29.0 Å². The Labute approximate surface area is 136 Å². The number of nitrogens with one attached hydrogen (secondary N) is 2. The molecule has 3 nitrogen and oxygen atoms in total. The molecule has 0 spiro atoms. The molecule has 1 rings (SSSR count). The lowest BCUT2D eigenvalue weighted by atomic mass is 10.2. The van der Waals surface area contributed by atoms with Gasteiger partial charge in [-0.3, -0.25) is 0 Å². The van der Waals surface area contributed by atoms with Crippen molar-refractivity contribution in [2.24, 2.45) is 4.99 Å². The van der Waals surface area contributed by atoms with Crippen molar-refractivity contribution in [1.82, 2.24) is 10.6 Å². The van der Waals surface area contributed by atoms with Gasteiger partial charge in [0.1, 0.15) is 5.82 Å². The zero-order valence-corrected chi connectivity index (χ0v) is 14.3. The number of rotatable bonds is 5. The summed E-state index contributed by atoms with van der Waals surface area (Å²) in [7, 11) is 0. The smallest absolute Gasteiger partial charge is 0.191 e. The minimum atomic E-state index is -0.402. The first kappa shape index (κ1) is 18.4. The molecule has 0 aliphatic rings. The van der Waals surface area contributed by atoms with E-state index in [1.54, 1.807) is 12.1 Å². The van der Waals surface area contributed by atoms with Crippen LogP contribution >= 0.6 is 35.6 Å². The van der Waals surface area contributed by atoms with Crippen molar-refractivity contribution < 1.29 is 4.39 Å². The molecular formula is C13H20ClFIN3. The standard InChI is InChI=1S/C13H19ClFN3.HI/c1-3-7-17-13(16-4-2)18-9-10-5-6-12(15)11(14)8-10;/h5-6,8H,3-4,7,9H2,1-2H3,(H2,16,17,18);1H. The molecule has 108 valence electrons. The van der Waals surface area contributed by atoms with Crippen LogP contribution in [0.4, 0.5) is 4.39 Å². The molecule has 0 saturated heterocycles. The first-order chi connectivity index (χ1) is 8.67. The van der Waals surface area contributed by atoms with Gasteiger partial charge in [-0.15, -0.1) is 24.0 Å². The molecule has 0 saturated carbocycles. The fourth-order valence-corrected chi connectivity index (χ4v) is 1.60. The highest BCUT2D eigenvalue weighted by Crippen LogP contribution is 2.16. The molecule has 0 amide bonds. The van der Waals surface area contributed by atoms with Gasteiger partial charge in [0, 0.05) is 13.1 Å². The van der Waals surface area contributed by atoms with Crippen LogP contribution in [0.3, 0.4) is 0 Å². The van der Waals surface area contributed by atoms with Gasteiger partial charge in [0.2, 0.25) is 0 Å². The summed E-state index contributed by atoms with van der Waals surface area (Å²) < 4.78 is 13.0. The second-order valence-electron chi connectivity index (χ2n) is 3.87. The highest BCUT2D eigenvalue weighted by Gasteiger charge is 2.01. The van der Waals surface area contributed by atoms with Crippen molar-refractivity contribution in [2.45, 2.75) is 26.8 Å². The van der Waals surface area contributed by atoms with Crippen molar-refractivity contribution in [3.63, 3.8) is 0 Å². The molecule has 0 bridgehead atoms. The number of benzene rings is 1. The lowest BCUT2D eigenvalue weighted by molar-refractivity contribution is 0.627. The van der Waals surface area contributed by atoms with Gasteiger partial charge in [-0.2, -0.15) is 0 Å². The van der Waals surface area contributed by atoms with E-state index < -0.39 is 5.82 Å². The number of halogens is 3. The Bertz CT molecular complexity index is 413.